The summed E-state index contributed by atoms with van der Waals surface area (Å²) in [7, 11) is 0. The molecule has 1 aromatic heterocycles. The van der Waals surface area contributed by atoms with Crippen LogP contribution in [0.3, 0.4) is 0 Å². The molecule has 3 rings (SSSR count). The average molecular weight is 296 g/mol. The standard InChI is InChI=1S/C17H16N2OS/c1-11-7-8-15-13(9-11)14(10-18)17(21-15)19-16(20)12-5-3-2-4-6-12/h2-6,11H,7-9H2,1H3,(H,19,20). The number of benzene rings is 1. The fraction of sp³-hybridized carbons (Fsp3) is 0.294. The molecule has 1 unspecified atom stereocenters. The predicted octanol–water partition coefficient (Wildman–Crippen LogP) is 4.00. The van der Waals surface area contributed by atoms with Crippen molar-refractivity contribution in [3.8, 4) is 6.07 Å². The highest BCUT2D eigenvalue weighted by Gasteiger charge is 2.24. The Morgan fingerprint density at radius 3 is 2.86 bits per heavy atom. The van der Waals surface area contributed by atoms with Gasteiger partial charge >= 0.3 is 0 Å². The molecule has 0 fully saturated rings. The lowest BCUT2D eigenvalue weighted by molar-refractivity contribution is 0.102. The molecule has 2 aromatic rings. The van der Waals surface area contributed by atoms with Gasteiger partial charge in [-0.05, 0) is 42.9 Å². The molecule has 0 aliphatic heterocycles. The van der Waals surface area contributed by atoms with Crippen molar-refractivity contribution in [2.45, 2.75) is 26.2 Å². The summed E-state index contributed by atoms with van der Waals surface area (Å²) in [6.45, 7) is 2.21. The van der Waals surface area contributed by atoms with Crippen LogP contribution in [0.4, 0.5) is 5.00 Å². The fourth-order valence-corrected chi connectivity index (χ4v) is 3.92. The van der Waals surface area contributed by atoms with Crippen molar-refractivity contribution in [3.63, 3.8) is 0 Å². The number of carbonyl (C=O) groups excluding carboxylic acids is 1. The van der Waals surface area contributed by atoms with Gasteiger partial charge in [-0.15, -0.1) is 11.3 Å². The Balaban J connectivity index is 1.90. The third-order valence-electron chi connectivity index (χ3n) is 3.88. The molecule has 0 saturated carbocycles. The van der Waals surface area contributed by atoms with Crippen LogP contribution < -0.4 is 5.32 Å². The first kappa shape index (κ1) is 13.8. The number of nitrogens with zero attached hydrogens (tertiary/aromatic N) is 1. The molecule has 21 heavy (non-hydrogen) atoms. The number of thiophene rings is 1. The lowest BCUT2D eigenvalue weighted by atomic mass is 9.88. The normalized spacial score (nSPS) is 16.9. The molecular weight excluding hydrogens is 280 g/mol. The van der Waals surface area contributed by atoms with Crippen LogP contribution in [-0.2, 0) is 12.8 Å². The van der Waals surface area contributed by atoms with E-state index in [1.807, 2.05) is 18.2 Å². The molecule has 0 bridgehead atoms. The molecule has 1 aliphatic rings. The van der Waals surface area contributed by atoms with Gasteiger partial charge < -0.3 is 5.32 Å². The van der Waals surface area contributed by atoms with E-state index in [0.717, 1.165) is 24.8 Å². The lowest BCUT2D eigenvalue weighted by Crippen LogP contribution is -2.12. The number of rotatable bonds is 2. The van der Waals surface area contributed by atoms with E-state index in [9.17, 15) is 10.1 Å². The van der Waals surface area contributed by atoms with Gasteiger partial charge in [0.1, 0.15) is 11.1 Å². The Bertz CT molecular complexity index is 712. The molecule has 1 atom stereocenters. The van der Waals surface area contributed by atoms with Gasteiger partial charge in [0.2, 0.25) is 0 Å². The summed E-state index contributed by atoms with van der Waals surface area (Å²) in [5.41, 5.74) is 2.41. The van der Waals surface area contributed by atoms with E-state index in [2.05, 4.69) is 18.3 Å². The number of anilines is 1. The van der Waals surface area contributed by atoms with E-state index in [1.54, 1.807) is 23.5 Å². The first-order valence-corrected chi connectivity index (χ1v) is 7.91. The zero-order valence-electron chi connectivity index (χ0n) is 11.8. The molecule has 1 aromatic carbocycles. The molecule has 1 N–H and O–H groups in total. The number of hydrogen-bond donors (Lipinski definition) is 1. The summed E-state index contributed by atoms with van der Waals surface area (Å²) < 4.78 is 0. The van der Waals surface area contributed by atoms with Crippen molar-refractivity contribution in [1.82, 2.24) is 0 Å². The van der Waals surface area contributed by atoms with Gasteiger partial charge in [-0.3, -0.25) is 4.79 Å². The summed E-state index contributed by atoms with van der Waals surface area (Å²) in [4.78, 5) is 13.5. The molecule has 1 amide bonds. The summed E-state index contributed by atoms with van der Waals surface area (Å²) >= 11 is 1.56. The second-order valence-corrected chi connectivity index (χ2v) is 6.59. The highest BCUT2D eigenvalue weighted by atomic mass is 32.1. The Morgan fingerprint density at radius 2 is 2.14 bits per heavy atom. The van der Waals surface area contributed by atoms with Gasteiger partial charge in [0, 0.05) is 10.4 Å². The molecule has 106 valence electrons. The topological polar surface area (TPSA) is 52.9 Å². The third kappa shape index (κ3) is 2.70. The van der Waals surface area contributed by atoms with Gasteiger partial charge in [-0.2, -0.15) is 5.26 Å². The minimum Gasteiger partial charge on any atom is -0.312 e. The Morgan fingerprint density at radius 1 is 1.38 bits per heavy atom. The second-order valence-electron chi connectivity index (χ2n) is 5.49. The molecule has 0 spiro atoms. The number of amides is 1. The van der Waals surface area contributed by atoms with Crippen LogP contribution in [0.15, 0.2) is 30.3 Å². The maximum atomic E-state index is 12.2. The quantitative estimate of drug-likeness (QED) is 0.910. The molecule has 0 radical (unpaired) electrons. The maximum absolute atomic E-state index is 12.2. The Labute approximate surface area is 128 Å². The number of nitriles is 1. The van der Waals surface area contributed by atoms with Crippen LogP contribution in [-0.4, -0.2) is 5.91 Å². The van der Waals surface area contributed by atoms with E-state index in [4.69, 9.17) is 0 Å². The van der Waals surface area contributed by atoms with Gasteiger partial charge in [-0.25, -0.2) is 0 Å². The lowest BCUT2D eigenvalue weighted by Gasteiger charge is -2.17. The van der Waals surface area contributed by atoms with Gasteiger partial charge in [0.25, 0.3) is 5.91 Å². The van der Waals surface area contributed by atoms with Crippen LogP contribution in [0.25, 0.3) is 0 Å². The highest BCUT2D eigenvalue weighted by Crippen LogP contribution is 2.39. The van der Waals surface area contributed by atoms with Crippen LogP contribution >= 0.6 is 11.3 Å². The van der Waals surface area contributed by atoms with Gasteiger partial charge in [0.05, 0.1) is 5.56 Å². The number of aryl methyl sites for hydroxylation is 1. The van der Waals surface area contributed by atoms with E-state index in [1.165, 1.54) is 4.88 Å². The van der Waals surface area contributed by atoms with Crippen molar-refractivity contribution in [2.24, 2.45) is 5.92 Å². The van der Waals surface area contributed by atoms with Gasteiger partial charge in [0.15, 0.2) is 0 Å². The number of hydrogen-bond acceptors (Lipinski definition) is 3. The summed E-state index contributed by atoms with van der Waals surface area (Å²) in [5, 5.41) is 13.0. The first-order chi connectivity index (χ1) is 10.2. The van der Waals surface area contributed by atoms with Gasteiger partial charge in [-0.1, -0.05) is 25.1 Å². The monoisotopic (exact) mass is 296 g/mol. The van der Waals surface area contributed by atoms with E-state index in [-0.39, 0.29) is 5.91 Å². The average Bonchev–Trinajstić information content (AvgIpc) is 2.84. The second kappa shape index (κ2) is 5.71. The largest absolute Gasteiger partial charge is 0.312 e. The SMILES string of the molecule is CC1CCc2sc(NC(=O)c3ccccc3)c(C#N)c2C1. The zero-order valence-corrected chi connectivity index (χ0v) is 12.7. The molecule has 1 heterocycles. The summed E-state index contributed by atoms with van der Waals surface area (Å²) in [6, 6.07) is 11.4. The van der Waals surface area contributed by atoms with Crippen LogP contribution in [0.2, 0.25) is 0 Å². The fourth-order valence-electron chi connectivity index (χ4n) is 2.73. The highest BCUT2D eigenvalue weighted by molar-refractivity contribution is 7.16. The number of nitrogens with one attached hydrogen (secondary N) is 1. The minimum absolute atomic E-state index is 0.154. The zero-order chi connectivity index (χ0) is 14.8. The number of carbonyl (C=O) groups is 1. The van der Waals surface area contributed by atoms with Crippen molar-refractivity contribution < 1.29 is 4.79 Å². The molecule has 4 heteroatoms. The minimum atomic E-state index is -0.154. The van der Waals surface area contributed by atoms with Crippen LogP contribution in [0, 0.1) is 17.2 Å². The van der Waals surface area contributed by atoms with Crippen molar-refractivity contribution in [2.75, 3.05) is 5.32 Å². The van der Waals surface area contributed by atoms with Crippen LogP contribution in [0.1, 0.15) is 39.7 Å². The summed E-state index contributed by atoms with van der Waals surface area (Å²) in [5.74, 6) is 0.454. The van der Waals surface area contributed by atoms with Crippen molar-refractivity contribution in [3.05, 3.63) is 51.9 Å². The first-order valence-electron chi connectivity index (χ1n) is 7.10. The van der Waals surface area contributed by atoms with Crippen molar-refractivity contribution >= 4 is 22.2 Å². The maximum Gasteiger partial charge on any atom is 0.256 e. The molecular formula is C17H16N2OS. The number of fused-ring (bicyclic) bond motifs is 1. The van der Waals surface area contributed by atoms with Crippen LogP contribution in [0.5, 0.6) is 0 Å². The molecule has 0 saturated heterocycles. The van der Waals surface area contributed by atoms with E-state index in [0.29, 0.717) is 22.0 Å². The smallest absolute Gasteiger partial charge is 0.256 e. The summed E-state index contributed by atoms with van der Waals surface area (Å²) in [6.07, 6.45) is 3.11. The van der Waals surface area contributed by atoms with E-state index >= 15 is 0 Å². The van der Waals surface area contributed by atoms with Crippen molar-refractivity contribution in [1.29, 1.82) is 5.26 Å². The third-order valence-corrected chi connectivity index (χ3v) is 5.09. The van der Waals surface area contributed by atoms with E-state index < -0.39 is 0 Å². The Kier molecular flexibility index (Phi) is 3.76. The Hall–Kier alpha value is -2.12. The predicted molar refractivity (Wildman–Crippen MR) is 84.6 cm³/mol. The molecule has 1 aliphatic carbocycles. The molecule has 3 nitrogen and oxygen atoms in total.